The average molecular weight is 622 g/mol. The van der Waals surface area contributed by atoms with Gasteiger partial charge in [-0.2, -0.15) is 89.0 Å². The molecule has 1 aromatic carbocycles. The average Bonchev–Trinajstić information content (AvgIpc) is 2.67. The maximum atomic E-state index is 13.5. The molecule has 0 aliphatic carbocycles. The van der Waals surface area contributed by atoms with Crippen LogP contribution in [0, 0.1) is 0 Å². The summed E-state index contributed by atoms with van der Waals surface area (Å²) in [6.45, 7) is -1.03. The van der Waals surface area contributed by atoms with Crippen LogP contribution in [0.25, 0.3) is 0 Å². The predicted molar refractivity (Wildman–Crippen MR) is 93.3 cm³/mol. The molecular formula is C18H8F18N4. The molecule has 0 saturated heterocycles. The second-order valence-corrected chi connectivity index (χ2v) is 7.63. The number of nitrogens with one attached hydrogen (secondary N) is 1. The second-order valence-electron chi connectivity index (χ2n) is 7.63. The largest absolute Gasteiger partial charge is 0.419 e. The molecule has 0 saturated carbocycles. The Balaban J connectivity index is 3.18. The third-order valence-corrected chi connectivity index (χ3v) is 5.15. The molecule has 0 aliphatic rings. The fourth-order valence-corrected chi connectivity index (χ4v) is 3.29. The monoisotopic (exact) mass is 622 g/mol. The van der Waals surface area contributed by atoms with E-state index in [-0.39, 0.29) is 5.56 Å². The topological polar surface area (TPSA) is 50.7 Å². The third kappa shape index (κ3) is 5.15. The van der Waals surface area contributed by atoms with Gasteiger partial charge in [-0.05, 0) is 5.56 Å². The van der Waals surface area contributed by atoms with E-state index < -0.39 is 72.0 Å². The van der Waals surface area contributed by atoms with E-state index in [1.807, 2.05) is 0 Å². The molecule has 226 valence electrons. The SMILES string of the molecule is FC(F)(F)C(c1nc(NCc2ccccc2)nc(C(C(F)(F)F)(C(F)(F)F)C(F)(F)F)n1)(C(F)(F)F)C(F)(F)F. The molecule has 0 fully saturated rings. The maximum Gasteiger partial charge on any atom is 0.419 e. The summed E-state index contributed by atoms with van der Waals surface area (Å²) in [6, 6.07) is 5.80. The van der Waals surface area contributed by atoms with Gasteiger partial charge < -0.3 is 5.32 Å². The van der Waals surface area contributed by atoms with Crippen LogP contribution in [0.4, 0.5) is 85.0 Å². The van der Waals surface area contributed by atoms with E-state index in [1.54, 1.807) is 0 Å². The Morgan fingerprint density at radius 2 is 0.750 bits per heavy atom. The lowest BCUT2D eigenvalue weighted by Crippen LogP contribution is -2.66. The molecule has 1 heterocycles. The number of hydrogen-bond acceptors (Lipinski definition) is 4. The zero-order valence-electron chi connectivity index (χ0n) is 18.2. The molecule has 4 nitrogen and oxygen atoms in total. The molecule has 1 aromatic heterocycles. The Kier molecular flexibility index (Phi) is 8.00. The van der Waals surface area contributed by atoms with Crippen molar-refractivity contribution >= 4 is 5.95 Å². The minimum Gasteiger partial charge on any atom is -0.350 e. The van der Waals surface area contributed by atoms with Gasteiger partial charge in [0, 0.05) is 6.54 Å². The van der Waals surface area contributed by atoms with Crippen molar-refractivity contribution in [2.75, 3.05) is 5.32 Å². The van der Waals surface area contributed by atoms with Gasteiger partial charge in [0.15, 0.2) is 11.6 Å². The molecule has 0 unspecified atom stereocenters. The van der Waals surface area contributed by atoms with E-state index in [9.17, 15) is 79.0 Å². The van der Waals surface area contributed by atoms with Gasteiger partial charge in [0.2, 0.25) is 5.95 Å². The van der Waals surface area contributed by atoms with Gasteiger partial charge in [0.25, 0.3) is 0 Å². The van der Waals surface area contributed by atoms with Crippen molar-refractivity contribution in [3.63, 3.8) is 0 Å². The molecule has 0 atom stereocenters. The number of aromatic nitrogens is 3. The first kappa shape index (κ1) is 33.0. The normalized spacial score (nSPS) is 14.8. The van der Waals surface area contributed by atoms with E-state index in [2.05, 4.69) is 9.97 Å². The van der Waals surface area contributed by atoms with Crippen LogP contribution in [0.3, 0.4) is 0 Å². The van der Waals surface area contributed by atoms with Crippen molar-refractivity contribution in [2.45, 2.75) is 54.4 Å². The highest BCUT2D eigenvalue weighted by atomic mass is 19.4. The first-order valence-electron chi connectivity index (χ1n) is 9.61. The lowest BCUT2D eigenvalue weighted by molar-refractivity contribution is -0.391. The highest BCUT2D eigenvalue weighted by Gasteiger charge is 2.89. The van der Waals surface area contributed by atoms with E-state index in [0.29, 0.717) is 0 Å². The minimum atomic E-state index is -7.73. The number of anilines is 1. The number of hydrogen-bond donors (Lipinski definition) is 1. The van der Waals surface area contributed by atoms with Crippen molar-refractivity contribution in [1.82, 2.24) is 15.0 Å². The summed E-state index contributed by atoms with van der Waals surface area (Å²) < 4.78 is 244. The minimum absolute atomic E-state index is 0.131. The summed E-state index contributed by atoms with van der Waals surface area (Å²) in [5.41, 5.74) is -15.1. The standard InChI is InChI=1S/C18H8F18N4/c19-13(20,21)11(14(22,23)24,15(25,26)27)8-38-9(12(16(28,29)30,17(31,32)33)18(34,35)36)40-10(39-8)37-6-7-4-2-1-3-5-7/h1-5H,6H2,(H,37,38,39,40). The summed E-state index contributed by atoms with van der Waals surface area (Å²) in [5.74, 6) is -10.3. The van der Waals surface area contributed by atoms with Crippen molar-refractivity contribution in [1.29, 1.82) is 0 Å². The molecule has 2 aromatic rings. The lowest BCUT2D eigenvalue weighted by Gasteiger charge is -2.39. The van der Waals surface area contributed by atoms with Crippen LogP contribution in [-0.2, 0) is 17.4 Å². The Bertz CT molecular complexity index is 1030. The zero-order chi connectivity index (χ0) is 31.4. The third-order valence-electron chi connectivity index (χ3n) is 5.15. The lowest BCUT2D eigenvalue weighted by atomic mass is 9.82. The Labute approximate surface area is 208 Å². The Morgan fingerprint density at radius 1 is 0.450 bits per heavy atom. The quantitative estimate of drug-likeness (QED) is 0.355. The zero-order valence-corrected chi connectivity index (χ0v) is 18.2. The molecule has 22 heteroatoms. The van der Waals surface area contributed by atoms with Crippen LogP contribution in [0.2, 0.25) is 0 Å². The van der Waals surface area contributed by atoms with E-state index in [0.717, 1.165) is 12.1 Å². The number of alkyl halides is 18. The van der Waals surface area contributed by atoms with Crippen molar-refractivity contribution in [2.24, 2.45) is 0 Å². The molecule has 2 rings (SSSR count). The molecule has 0 radical (unpaired) electrons. The van der Waals surface area contributed by atoms with Gasteiger partial charge >= 0.3 is 47.9 Å². The summed E-state index contributed by atoms with van der Waals surface area (Å²) in [6.07, 6.45) is -46.4. The van der Waals surface area contributed by atoms with E-state index in [1.165, 1.54) is 28.5 Å². The van der Waals surface area contributed by atoms with Crippen LogP contribution in [0.15, 0.2) is 30.3 Å². The second kappa shape index (κ2) is 9.70. The van der Waals surface area contributed by atoms with Gasteiger partial charge in [-0.3, -0.25) is 0 Å². The molecule has 0 aliphatic heterocycles. The number of rotatable bonds is 5. The smallest absolute Gasteiger partial charge is 0.350 e. The van der Waals surface area contributed by atoms with Crippen LogP contribution in [0.5, 0.6) is 0 Å². The first-order chi connectivity index (χ1) is 17.7. The summed E-state index contributed by atoms with van der Waals surface area (Å²) in [7, 11) is 0. The number of halogens is 18. The van der Waals surface area contributed by atoms with Crippen LogP contribution in [-0.4, -0.2) is 52.0 Å². The van der Waals surface area contributed by atoms with Gasteiger partial charge in [0.1, 0.15) is 0 Å². The summed E-state index contributed by atoms with van der Waals surface area (Å²) in [4.78, 5) is 5.52. The predicted octanol–water partition coefficient (Wildman–Crippen LogP) is 7.33. The molecule has 40 heavy (non-hydrogen) atoms. The summed E-state index contributed by atoms with van der Waals surface area (Å²) >= 11 is 0. The van der Waals surface area contributed by atoms with Gasteiger partial charge in [0.05, 0.1) is 0 Å². The van der Waals surface area contributed by atoms with Crippen LogP contribution < -0.4 is 5.32 Å². The van der Waals surface area contributed by atoms with Gasteiger partial charge in [-0.15, -0.1) is 0 Å². The van der Waals surface area contributed by atoms with Gasteiger partial charge in [-0.1, -0.05) is 30.3 Å². The Hall–Kier alpha value is -3.23. The molecule has 0 amide bonds. The molecule has 0 spiro atoms. The van der Waals surface area contributed by atoms with E-state index >= 15 is 0 Å². The van der Waals surface area contributed by atoms with Crippen molar-refractivity contribution in [3.05, 3.63) is 47.5 Å². The van der Waals surface area contributed by atoms with Crippen LogP contribution >= 0.6 is 0 Å². The van der Waals surface area contributed by atoms with Crippen molar-refractivity contribution in [3.8, 4) is 0 Å². The summed E-state index contributed by atoms with van der Waals surface area (Å²) in [5, 5.41) is 1.43. The molecule has 0 bridgehead atoms. The maximum absolute atomic E-state index is 13.5. The van der Waals surface area contributed by atoms with Crippen LogP contribution in [0.1, 0.15) is 17.2 Å². The molecule has 1 N–H and O–H groups in total. The van der Waals surface area contributed by atoms with Gasteiger partial charge in [-0.25, -0.2) is 4.98 Å². The highest BCUT2D eigenvalue weighted by molar-refractivity contribution is 5.35. The fourth-order valence-electron chi connectivity index (χ4n) is 3.29. The first-order valence-corrected chi connectivity index (χ1v) is 9.61. The number of nitrogens with zero attached hydrogens (tertiary/aromatic N) is 3. The van der Waals surface area contributed by atoms with Crippen molar-refractivity contribution < 1.29 is 79.0 Å². The molecular weight excluding hydrogens is 614 g/mol. The van der Waals surface area contributed by atoms with E-state index in [4.69, 9.17) is 0 Å². The fraction of sp³-hybridized carbons (Fsp3) is 0.500. The number of benzene rings is 1. The Morgan fingerprint density at radius 3 is 1.02 bits per heavy atom. The highest BCUT2D eigenvalue weighted by Crippen LogP contribution is 2.62.